The number of carbonyl (C=O) groups excluding carboxylic acids is 1. The SMILES string of the molecule is CCNc1cnccc1C(=O)N(CCN(C)C)CC(C)C. The highest BCUT2D eigenvalue weighted by atomic mass is 16.2. The van der Waals surface area contributed by atoms with Gasteiger partial charge in [0.05, 0.1) is 17.4 Å². The number of pyridine rings is 1. The Morgan fingerprint density at radius 2 is 2.05 bits per heavy atom. The first kappa shape index (κ1) is 17.4. The average molecular weight is 292 g/mol. The number of amides is 1. The van der Waals surface area contributed by atoms with E-state index in [2.05, 4.69) is 29.0 Å². The number of hydrogen-bond acceptors (Lipinski definition) is 4. The molecule has 21 heavy (non-hydrogen) atoms. The Morgan fingerprint density at radius 1 is 1.33 bits per heavy atom. The van der Waals surface area contributed by atoms with E-state index in [1.807, 2.05) is 25.9 Å². The number of nitrogens with one attached hydrogen (secondary N) is 1. The van der Waals surface area contributed by atoms with Gasteiger partial charge in [-0.3, -0.25) is 9.78 Å². The van der Waals surface area contributed by atoms with Gasteiger partial charge in [0, 0.05) is 32.4 Å². The molecular weight excluding hydrogens is 264 g/mol. The average Bonchev–Trinajstić information content (AvgIpc) is 2.43. The van der Waals surface area contributed by atoms with Gasteiger partial charge in [0.1, 0.15) is 0 Å². The first-order valence-corrected chi connectivity index (χ1v) is 7.57. The normalized spacial score (nSPS) is 11.0. The summed E-state index contributed by atoms with van der Waals surface area (Å²) in [7, 11) is 4.04. The van der Waals surface area contributed by atoms with Crippen molar-refractivity contribution in [1.29, 1.82) is 0 Å². The van der Waals surface area contributed by atoms with Crippen LogP contribution in [0.3, 0.4) is 0 Å². The van der Waals surface area contributed by atoms with Crippen LogP contribution in [0.1, 0.15) is 31.1 Å². The number of carbonyl (C=O) groups is 1. The molecule has 5 nitrogen and oxygen atoms in total. The van der Waals surface area contributed by atoms with Gasteiger partial charge in [-0.25, -0.2) is 0 Å². The van der Waals surface area contributed by atoms with Crippen molar-refractivity contribution in [1.82, 2.24) is 14.8 Å². The minimum atomic E-state index is 0.0731. The Hall–Kier alpha value is -1.62. The zero-order valence-electron chi connectivity index (χ0n) is 13.9. The maximum absolute atomic E-state index is 12.8. The lowest BCUT2D eigenvalue weighted by atomic mass is 10.1. The van der Waals surface area contributed by atoms with Gasteiger partial charge in [-0.05, 0) is 33.0 Å². The molecular formula is C16H28N4O. The Labute approximate surface area is 128 Å². The second-order valence-corrected chi connectivity index (χ2v) is 5.90. The number of hydrogen-bond donors (Lipinski definition) is 1. The number of anilines is 1. The summed E-state index contributed by atoms with van der Waals surface area (Å²) in [5, 5.41) is 3.21. The van der Waals surface area contributed by atoms with E-state index in [1.165, 1.54) is 0 Å². The molecule has 1 aromatic heterocycles. The third-order valence-corrected chi connectivity index (χ3v) is 3.11. The maximum atomic E-state index is 12.8. The molecule has 0 fully saturated rings. The van der Waals surface area contributed by atoms with Crippen molar-refractivity contribution in [2.75, 3.05) is 45.6 Å². The van der Waals surface area contributed by atoms with Crippen LogP contribution < -0.4 is 5.32 Å². The smallest absolute Gasteiger partial charge is 0.256 e. The van der Waals surface area contributed by atoms with Crippen molar-refractivity contribution in [2.24, 2.45) is 5.92 Å². The quantitative estimate of drug-likeness (QED) is 0.798. The van der Waals surface area contributed by atoms with Gasteiger partial charge in [-0.15, -0.1) is 0 Å². The van der Waals surface area contributed by atoms with Gasteiger partial charge >= 0.3 is 0 Å². The molecule has 0 aliphatic rings. The lowest BCUT2D eigenvalue weighted by molar-refractivity contribution is 0.0725. The van der Waals surface area contributed by atoms with Crippen LogP contribution in [0.2, 0.25) is 0 Å². The minimum absolute atomic E-state index is 0.0731. The van der Waals surface area contributed by atoms with E-state index >= 15 is 0 Å². The minimum Gasteiger partial charge on any atom is -0.383 e. The van der Waals surface area contributed by atoms with E-state index in [0.29, 0.717) is 11.5 Å². The highest BCUT2D eigenvalue weighted by molar-refractivity contribution is 5.99. The third kappa shape index (κ3) is 5.71. The Balaban J connectivity index is 2.93. The summed E-state index contributed by atoms with van der Waals surface area (Å²) < 4.78 is 0. The lowest BCUT2D eigenvalue weighted by Crippen LogP contribution is -2.39. The number of rotatable bonds is 8. The molecule has 0 bridgehead atoms. The van der Waals surface area contributed by atoms with E-state index in [-0.39, 0.29) is 5.91 Å². The predicted molar refractivity (Wildman–Crippen MR) is 87.7 cm³/mol. The van der Waals surface area contributed by atoms with E-state index in [0.717, 1.165) is 31.9 Å². The molecule has 118 valence electrons. The van der Waals surface area contributed by atoms with Gasteiger partial charge in [-0.2, -0.15) is 0 Å². The van der Waals surface area contributed by atoms with E-state index in [1.54, 1.807) is 18.5 Å². The first-order valence-electron chi connectivity index (χ1n) is 7.57. The van der Waals surface area contributed by atoms with E-state index in [9.17, 15) is 4.79 Å². The summed E-state index contributed by atoms with van der Waals surface area (Å²) in [6.07, 6.45) is 3.39. The van der Waals surface area contributed by atoms with Crippen LogP contribution in [0.5, 0.6) is 0 Å². The zero-order valence-corrected chi connectivity index (χ0v) is 13.9. The first-order chi connectivity index (χ1) is 9.95. The molecule has 0 saturated carbocycles. The van der Waals surface area contributed by atoms with Gasteiger partial charge in [0.2, 0.25) is 0 Å². The number of nitrogens with zero attached hydrogens (tertiary/aromatic N) is 3. The molecule has 1 N–H and O–H groups in total. The van der Waals surface area contributed by atoms with E-state index < -0.39 is 0 Å². The van der Waals surface area contributed by atoms with Gasteiger partial charge in [0.25, 0.3) is 5.91 Å². The molecule has 0 aliphatic carbocycles. The van der Waals surface area contributed by atoms with Gasteiger partial charge in [0.15, 0.2) is 0 Å². The Morgan fingerprint density at radius 3 is 2.62 bits per heavy atom. The van der Waals surface area contributed by atoms with Crippen molar-refractivity contribution in [2.45, 2.75) is 20.8 Å². The largest absolute Gasteiger partial charge is 0.383 e. The topological polar surface area (TPSA) is 48.5 Å². The lowest BCUT2D eigenvalue weighted by Gasteiger charge is -2.27. The molecule has 5 heteroatoms. The number of aromatic nitrogens is 1. The molecule has 0 atom stereocenters. The molecule has 1 amide bonds. The summed E-state index contributed by atoms with van der Waals surface area (Å²) in [4.78, 5) is 21.0. The van der Waals surface area contributed by atoms with Crippen LogP contribution in [0.25, 0.3) is 0 Å². The fourth-order valence-electron chi connectivity index (χ4n) is 2.12. The molecule has 0 unspecified atom stereocenters. The summed E-state index contributed by atoms with van der Waals surface area (Å²) in [6.45, 7) is 9.41. The van der Waals surface area contributed by atoms with Crippen molar-refractivity contribution in [3.63, 3.8) is 0 Å². The summed E-state index contributed by atoms with van der Waals surface area (Å²) in [5.74, 6) is 0.518. The zero-order chi connectivity index (χ0) is 15.8. The fourth-order valence-corrected chi connectivity index (χ4v) is 2.12. The maximum Gasteiger partial charge on any atom is 0.256 e. The molecule has 0 aliphatic heterocycles. The highest BCUT2D eigenvalue weighted by Crippen LogP contribution is 2.16. The molecule has 1 rings (SSSR count). The predicted octanol–water partition coefficient (Wildman–Crippen LogP) is 2.17. The van der Waals surface area contributed by atoms with Crippen LogP contribution >= 0.6 is 0 Å². The molecule has 0 aromatic carbocycles. The monoisotopic (exact) mass is 292 g/mol. The van der Waals surface area contributed by atoms with Gasteiger partial charge < -0.3 is 15.1 Å². The Bertz CT molecular complexity index is 446. The fraction of sp³-hybridized carbons (Fsp3) is 0.625. The van der Waals surface area contributed by atoms with Crippen molar-refractivity contribution < 1.29 is 4.79 Å². The summed E-state index contributed by atoms with van der Waals surface area (Å²) in [5.41, 5.74) is 1.51. The number of likely N-dealkylation sites (N-methyl/N-ethyl adjacent to an activating group) is 1. The van der Waals surface area contributed by atoms with Crippen molar-refractivity contribution >= 4 is 11.6 Å². The Kier molecular flexibility index (Phi) is 7.15. The van der Waals surface area contributed by atoms with Crippen LogP contribution in [0.4, 0.5) is 5.69 Å². The van der Waals surface area contributed by atoms with Crippen molar-refractivity contribution in [3.8, 4) is 0 Å². The summed E-state index contributed by atoms with van der Waals surface area (Å²) >= 11 is 0. The molecule has 0 radical (unpaired) electrons. The molecule has 1 heterocycles. The summed E-state index contributed by atoms with van der Waals surface area (Å²) in [6, 6.07) is 1.79. The standard InChI is InChI=1S/C16H28N4O/c1-6-18-15-11-17-8-7-14(15)16(21)20(12-13(2)3)10-9-19(4)5/h7-8,11,13,18H,6,9-10,12H2,1-5H3. The van der Waals surface area contributed by atoms with Crippen LogP contribution in [-0.2, 0) is 0 Å². The van der Waals surface area contributed by atoms with Crippen molar-refractivity contribution in [3.05, 3.63) is 24.0 Å². The van der Waals surface area contributed by atoms with Crippen LogP contribution in [0, 0.1) is 5.92 Å². The van der Waals surface area contributed by atoms with E-state index in [4.69, 9.17) is 0 Å². The second kappa shape index (κ2) is 8.62. The highest BCUT2D eigenvalue weighted by Gasteiger charge is 2.19. The van der Waals surface area contributed by atoms with Gasteiger partial charge in [-0.1, -0.05) is 13.8 Å². The molecule has 0 saturated heterocycles. The molecule has 1 aromatic rings. The van der Waals surface area contributed by atoms with Crippen LogP contribution in [-0.4, -0.2) is 61.0 Å². The second-order valence-electron chi connectivity index (χ2n) is 5.90. The van der Waals surface area contributed by atoms with Crippen LogP contribution in [0.15, 0.2) is 18.5 Å². The molecule has 0 spiro atoms. The third-order valence-electron chi connectivity index (χ3n) is 3.11.